The summed E-state index contributed by atoms with van der Waals surface area (Å²) < 4.78 is 15.5. The Balaban J connectivity index is 0.00000225. The number of carbonyl (C=O) groups is 1. The predicted molar refractivity (Wildman–Crippen MR) is 99.8 cm³/mol. The zero-order chi connectivity index (χ0) is 16.9. The molecule has 0 bridgehead atoms. The topological polar surface area (TPSA) is 59.0 Å². The van der Waals surface area contributed by atoms with Crippen molar-refractivity contribution in [2.24, 2.45) is 13.0 Å². The van der Waals surface area contributed by atoms with Gasteiger partial charge in [0.25, 0.3) is 0 Å². The lowest BCUT2D eigenvalue weighted by molar-refractivity contribution is -0.116. The van der Waals surface area contributed by atoms with Crippen molar-refractivity contribution in [2.45, 2.75) is 29.3 Å². The molecule has 0 spiro atoms. The average molecular weight is 385 g/mol. The number of anilines is 1. The van der Waals surface area contributed by atoms with Crippen molar-refractivity contribution in [3.8, 4) is 0 Å². The Morgan fingerprint density at radius 2 is 2.36 bits per heavy atom. The van der Waals surface area contributed by atoms with Crippen LogP contribution in [0.25, 0.3) is 0 Å². The molecule has 25 heavy (non-hydrogen) atoms. The highest BCUT2D eigenvalue weighted by Gasteiger charge is 2.17. The summed E-state index contributed by atoms with van der Waals surface area (Å²) in [7, 11) is 1.90. The maximum atomic E-state index is 13.6. The number of carbonyl (C=O) groups excluding carboxylic acids is 1. The predicted octanol–water partition coefficient (Wildman–Crippen LogP) is 3.46. The molecule has 136 valence electrons. The van der Waals surface area contributed by atoms with Crippen LogP contribution >= 0.6 is 24.2 Å². The van der Waals surface area contributed by atoms with Gasteiger partial charge in [-0.3, -0.25) is 4.79 Å². The SMILES string of the molecule is Cl.Cn1ccnc1Sc1ccc(F)cc1NC(=O)CCC1CCNC1. The maximum absolute atomic E-state index is 13.6. The summed E-state index contributed by atoms with van der Waals surface area (Å²) in [5.74, 6) is 0.119. The molecule has 8 heteroatoms. The Bertz CT molecular complexity index is 718. The van der Waals surface area contributed by atoms with Gasteiger partial charge >= 0.3 is 0 Å². The van der Waals surface area contributed by atoms with Gasteiger partial charge in [-0.2, -0.15) is 0 Å². The summed E-state index contributed by atoms with van der Waals surface area (Å²) in [5.41, 5.74) is 0.498. The Kier molecular flexibility index (Phi) is 7.28. The molecule has 2 aromatic rings. The van der Waals surface area contributed by atoms with E-state index in [4.69, 9.17) is 0 Å². The van der Waals surface area contributed by atoms with Crippen LogP contribution in [0.15, 0.2) is 40.6 Å². The van der Waals surface area contributed by atoms with E-state index in [2.05, 4.69) is 15.6 Å². The largest absolute Gasteiger partial charge is 0.329 e. The molecule has 1 saturated heterocycles. The molecular formula is C17H22ClFN4OS. The Morgan fingerprint density at radius 1 is 1.52 bits per heavy atom. The first kappa shape index (κ1) is 19.8. The standard InChI is InChI=1S/C17H21FN4OS.ClH/c1-22-9-8-20-17(22)24-15-4-3-13(18)10-14(15)21-16(23)5-2-12-6-7-19-11-12;/h3-4,8-10,12,19H,2,5-7,11H2,1H3,(H,21,23);1H. The molecule has 1 aliphatic rings. The molecule has 0 saturated carbocycles. The number of rotatable bonds is 6. The number of amides is 1. The van der Waals surface area contributed by atoms with E-state index in [-0.39, 0.29) is 24.1 Å². The highest BCUT2D eigenvalue weighted by Crippen LogP contribution is 2.33. The summed E-state index contributed by atoms with van der Waals surface area (Å²) >= 11 is 1.40. The number of nitrogens with one attached hydrogen (secondary N) is 2. The quantitative estimate of drug-likeness (QED) is 0.800. The van der Waals surface area contributed by atoms with Gasteiger partial charge < -0.3 is 15.2 Å². The molecule has 1 aromatic heterocycles. The van der Waals surface area contributed by atoms with E-state index < -0.39 is 0 Å². The lowest BCUT2D eigenvalue weighted by Crippen LogP contribution is -2.15. The van der Waals surface area contributed by atoms with Crippen LogP contribution in [0.3, 0.4) is 0 Å². The summed E-state index contributed by atoms with van der Waals surface area (Å²) in [6.45, 7) is 2.01. The Morgan fingerprint density at radius 3 is 3.04 bits per heavy atom. The third-order valence-electron chi connectivity index (χ3n) is 4.14. The first-order chi connectivity index (χ1) is 11.6. The van der Waals surface area contributed by atoms with Gasteiger partial charge in [0.15, 0.2) is 5.16 Å². The minimum absolute atomic E-state index is 0. The van der Waals surface area contributed by atoms with Crippen molar-refractivity contribution in [1.82, 2.24) is 14.9 Å². The Hall–Kier alpha value is -1.57. The first-order valence-electron chi connectivity index (χ1n) is 8.07. The van der Waals surface area contributed by atoms with Gasteiger partial charge in [0.1, 0.15) is 5.82 Å². The molecule has 1 amide bonds. The highest BCUT2D eigenvalue weighted by atomic mass is 35.5. The number of aryl methyl sites for hydroxylation is 1. The molecule has 0 aliphatic carbocycles. The highest BCUT2D eigenvalue weighted by molar-refractivity contribution is 7.99. The number of hydrogen-bond donors (Lipinski definition) is 2. The summed E-state index contributed by atoms with van der Waals surface area (Å²) in [6.07, 6.45) is 5.98. The molecule has 1 aromatic carbocycles. The second-order valence-corrected chi connectivity index (χ2v) is 7.02. The van der Waals surface area contributed by atoms with Crippen molar-refractivity contribution in [1.29, 1.82) is 0 Å². The zero-order valence-corrected chi connectivity index (χ0v) is 15.6. The molecule has 1 aliphatic heterocycles. The van der Waals surface area contributed by atoms with Crippen LogP contribution < -0.4 is 10.6 Å². The number of hydrogen-bond acceptors (Lipinski definition) is 4. The van der Waals surface area contributed by atoms with Gasteiger partial charge in [-0.25, -0.2) is 9.37 Å². The maximum Gasteiger partial charge on any atom is 0.224 e. The number of nitrogens with zero attached hydrogens (tertiary/aromatic N) is 2. The first-order valence-corrected chi connectivity index (χ1v) is 8.89. The second kappa shape index (κ2) is 9.22. The van der Waals surface area contributed by atoms with E-state index in [9.17, 15) is 9.18 Å². The van der Waals surface area contributed by atoms with Crippen LogP contribution in [0, 0.1) is 11.7 Å². The van der Waals surface area contributed by atoms with Crippen LogP contribution in [0.4, 0.5) is 10.1 Å². The summed E-state index contributed by atoms with van der Waals surface area (Å²) in [5, 5.41) is 6.93. The molecule has 2 heterocycles. The second-order valence-electron chi connectivity index (χ2n) is 6.01. The molecule has 1 unspecified atom stereocenters. The minimum atomic E-state index is -0.366. The van der Waals surface area contributed by atoms with Gasteiger partial charge in [-0.15, -0.1) is 12.4 Å². The molecule has 1 atom stereocenters. The molecule has 2 N–H and O–H groups in total. The van der Waals surface area contributed by atoms with E-state index in [1.165, 1.54) is 23.9 Å². The van der Waals surface area contributed by atoms with Crippen molar-refractivity contribution >= 4 is 35.8 Å². The van der Waals surface area contributed by atoms with Crippen LogP contribution in [-0.4, -0.2) is 28.5 Å². The molecular weight excluding hydrogens is 363 g/mol. The number of aromatic nitrogens is 2. The fourth-order valence-corrected chi connectivity index (χ4v) is 3.62. The lowest BCUT2D eigenvalue weighted by atomic mass is 10.0. The van der Waals surface area contributed by atoms with Crippen molar-refractivity contribution in [2.75, 3.05) is 18.4 Å². The molecule has 3 rings (SSSR count). The van der Waals surface area contributed by atoms with E-state index in [1.807, 2.05) is 17.8 Å². The normalized spacial score (nSPS) is 16.5. The fraction of sp³-hybridized carbons (Fsp3) is 0.412. The monoisotopic (exact) mass is 384 g/mol. The van der Waals surface area contributed by atoms with Crippen LogP contribution in [0.1, 0.15) is 19.3 Å². The van der Waals surface area contributed by atoms with Crippen molar-refractivity contribution in [3.63, 3.8) is 0 Å². The van der Waals surface area contributed by atoms with Crippen LogP contribution in [0.5, 0.6) is 0 Å². The zero-order valence-electron chi connectivity index (χ0n) is 14.0. The van der Waals surface area contributed by atoms with Gasteiger partial charge in [-0.1, -0.05) is 0 Å². The third-order valence-corrected chi connectivity index (χ3v) is 5.29. The lowest BCUT2D eigenvalue weighted by Gasteiger charge is -2.12. The van der Waals surface area contributed by atoms with E-state index in [1.54, 1.807) is 12.3 Å². The van der Waals surface area contributed by atoms with Gasteiger partial charge in [0.2, 0.25) is 5.91 Å². The van der Waals surface area contributed by atoms with Crippen molar-refractivity contribution < 1.29 is 9.18 Å². The average Bonchev–Trinajstić information content (AvgIpc) is 3.20. The van der Waals surface area contributed by atoms with Gasteiger partial charge in [0.05, 0.1) is 5.69 Å². The molecule has 5 nitrogen and oxygen atoms in total. The number of halogens is 2. The van der Waals surface area contributed by atoms with Gasteiger partial charge in [0, 0.05) is 30.8 Å². The number of imidazole rings is 1. The number of benzene rings is 1. The van der Waals surface area contributed by atoms with E-state index >= 15 is 0 Å². The summed E-state index contributed by atoms with van der Waals surface area (Å²) in [6, 6.07) is 4.43. The molecule has 1 fully saturated rings. The smallest absolute Gasteiger partial charge is 0.224 e. The van der Waals surface area contributed by atoms with E-state index in [0.717, 1.165) is 36.0 Å². The van der Waals surface area contributed by atoms with Crippen LogP contribution in [-0.2, 0) is 11.8 Å². The molecule has 0 radical (unpaired) electrons. The minimum Gasteiger partial charge on any atom is -0.329 e. The summed E-state index contributed by atoms with van der Waals surface area (Å²) in [4.78, 5) is 17.3. The van der Waals surface area contributed by atoms with Gasteiger partial charge in [-0.05, 0) is 61.8 Å². The van der Waals surface area contributed by atoms with Crippen molar-refractivity contribution in [3.05, 3.63) is 36.4 Å². The van der Waals surface area contributed by atoms with E-state index in [0.29, 0.717) is 18.0 Å². The fourth-order valence-electron chi connectivity index (χ4n) is 2.75. The third kappa shape index (κ3) is 5.45. The van der Waals surface area contributed by atoms with Crippen LogP contribution in [0.2, 0.25) is 0 Å². The Labute approximate surface area is 157 Å².